The van der Waals surface area contributed by atoms with E-state index in [1.54, 1.807) is 0 Å². The third-order valence-corrected chi connectivity index (χ3v) is 6.99. The predicted octanol–water partition coefficient (Wildman–Crippen LogP) is 9.16. The van der Waals surface area contributed by atoms with Gasteiger partial charge in [-0.3, -0.25) is 0 Å². The maximum Gasteiger partial charge on any atom is 0.101 e. The highest BCUT2D eigenvalue weighted by molar-refractivity contribution is 5.98. The topological polar surface area (TPSA) is 17.3 Å². The average molecular weight is 473 g/mol. The van der Waals surface area contributed by atoms with Crippen LogP contribution in [0.5, 0.6) is 0 Å². The lowest BCUT2D eigenvalue weighted by Crippen LogP contribution is -1.90. The molecule has 0 atom stereocenters. The first-order chi connectivity index (χ1) is 18.3. The number of hydrogen-bond donors (Lipinski definition) is 0. The molecule has 0 spiro atoms. The summed E-state index contributed by atoms with van der Waals surface area (Å²) < 4.78 is 2.10. The van der Waals surface area contributed by atoms with Crippen LogP contribution >= 0.6 is 0 Å². The first-order valence-corrected chi connectivity index (χ1v) is 12.6. The quantitative estimate of drug-likeness (QED) is 0.250. The van der Waals surface area contributed by atoms with E-state index in [1.165, 1.54) is 27.6 Å². The smallest absolute Gasteiger partial charge is 0.101 e. The summed E-state index contributed by atoms with van der Waals surface area (Å²) in [6.07, 6.45) is 0. The molecule has 2 heteroatoms. The molecule has 0 amide bonds. The van der Waals surface area contributed by atoms with Crippen molar-refractivity contribution >= 4 is 16.4 Å². The van der Waals surface area contributed by atoms with Gasteiger partial charge in [0.1, 0.15) is 5.69 Å². The Hall–Kier alpha value is -4.95. The second-order valence-electron chi connectivity index (χ2n) is 9.31. The molecular formula is C35H24N2. The number of pyridine rings is 1. The van der Waals surface area contributed by atoms with E-state index in [1.807, 2.05) is 0 Å². The van der Waals surface area contributed by atoms with Crippen molar-refractivity contribution in [2.24, 2.45) is 0 Å². The zero-order valence-corrected chi connectivity index (χ0v) is 20.3. The van der Waals surface area contributed by atoms with Gasteiger partial charge in [0.2, 0.25) is 0 Å². The van der Waals surface area contributed by atoms with Crippen molar-refractivity contribution in [3.8, 4) is 44.6 Å². The van der Waals surface area contributed by atoms with E-state index in [0.29, 0.717) is 0 Å². The van der Waals surface area contributed by atoms with E-state index in [9.17, 15) is 0 Å². The molecular weight excluding hydrogens is 448 g/mol. The van der Waals surface area contributed by atoms with Gasteiger partial charge in [-0.25, -0.2) is 4.52 Å². The number of hydrogen-bond acceptors (Lipinski definition) is 1. The summed E-state index contributed by atoms with van der Waals surface area (Å²) in [7, 11) is 0. The summed E-state index contributed by atoms with van der Waals surface area (Å²) in [5, 5.41) is 6.38. The molecule has 0 aliphatic heterocycles. The molecule has 7 rings (SSSR count). The van der Waals surface area contributed by atoms with Crippen LogP contribution in [-0.2, 0) is 0 Å². The normalized spacial score (nSPS) is 11.2. The fourth-order valence-corrected chi connectivity index (χ4v) is 5.21. The summed E-state index contributed by atoms with van der Waals surface area (Å²) in [4.78, 5) is 0. The van der Waals surface area contributed by atoms with Gasteiger partial charge >= 0.3 is 0 Å². The maximum absolute atomic E-state index is 5.21. The highest BCUT2D eigenvalue weighted by atomic mass is 15.2. The van der Waals surface area contributed by atoms with Gasteiger partial charge in [0.25, 0.3) is 0 Å². The Morgan fingerprint density at radius 3 is 1.51 bits per heavy atom. The van der Waals surface area contributed by atoms with Crippen LogP contribution in [0.15, 0.2) is 146 Å². The zero-order valence-electron chi connectivity index (χ0n) is 20.3. The van der Waals surface area contributed by atoms with Gasteiger partial charge in [0, 0.05) is 16.5 Å². The van der Waals surface area contributed by atoms with E-state index in [4.69, 9.17) is 5.10 Å². The minimum absolute atomic E-state index is 0.987. The molecule has 0 saturated carbocycles. The number of rotatable bonds is 4. The van der Waals surface area contributed by atoms with Crippen LogP contribution in [0.4, 0.5) is 0 Å². The Balaban J connectivity index is 1.57. The summed E-state index contributed by atoms with van der Waals surface area (Å²) in [5.41, 5.74) is 11.4. The Bertz CT molecular complexity index is 1790. The van der Waals surface area contributed by atoms with E-state index in [-0.39, 0.29) is 0 Å². The van der Waals surface area contributed by atoms with E-state index < -0.39 is 0 Å². The lowest BCUT2D eigenvalue weighted by Gasteiger charge is -2.12. The highest BCUT2D eigenvalue weighted by Gasteiger charge is 2.19. The second kappa shape index (κ2) is 8.92. The van der Waals surface area contributed by atoms with Gasteiger partial charge in [-0.2, -0.15) is 5.10 Å². The lowest BCUT2D eigenvalue weighted by atomic mass is 9.91. The molecule has 2 aromatic heterocycles. The molecule has 0 aliphatic rings. The SMILES string of the molecule is c1ccc(-c2cc(-c3ccccc3)cc(-c3c(-c4ccccc4)nn4c3ccc3ccccc34)c2)cc1. The molecule has 0 aliphatic carbocycles. The van der Waals surface area contributed by atoms with Crippen molar-refractivity contribution in [2.45, 2.75) is 0 Å². The van der Waals surface area contributed by atoms with Crippen LogP contribution in [-0.4, -0.2) is 9.61 Å². The molecule has 7 aromatic rings. The van der Waals surface area contributed by atoms with E-state index in [0.717, 1.165) is 33.4 Å². The Labute approximate surface area is 216 Å². The Kier molecular flexibility index (Phi) is 5.15. The molecule has 174 valence electrons. The van der Waals surface area contributed by atoms with Crippen molar-refractivity contribution in [1.82, 2.24) is 9.61 Å². The van der Waals surface area contributed by atoms with Crippen LogP contribution < -0.4 is 0 Å². The van der Waals surface area contributed by atoms with Gasteiger partial charge in [-0.05, 0) is 58.1 Å². The third kappa shape index (κ3) is 3.80. The first-order valence-electron chi connectivity index (χ1n) is 12.6. The number of para-hydroxylation sites is 1. The van der Waals surface area contributed by atoms with Crippen molar-refractivity contribution in [2.75, 3.05) is 0 Å². The zero-order chi connectivity index (χ0) is 24.6. The second-order valence-corrected chi connectivity index (χ2v) is 9.31. The fraction of sp³-hybridized carbons (Fsp3) is 0. The molecule has 0 bridgehead atoms. The number of fused-ring (bicyclic) bond motifs is 3. The molecule has 37 heavy (non-hydrogen) atoms. The molecule has 0 fully saturated rings. The first kappa shape index (κ1) is 21.3. The Morgan fingerprint density at radius 1 is 0.378 bits per heavy atom. The summed E-state index contributed by atoms with van der Waals surface area (Å²) in [5.74, 6) is 0. The van der Waals surface area contributed by atoms with Gasteiger partial charge in [0.15, 0.2) is 0 Å². The minimum atomic E-state index is 0.987. The molecule has 2 heterocycles. The highest BCUT2D eigenvalue weighted by Crippen LogP contribution is 2.40. The summed E-state index contributed by atoms with van der Waals surface area (Å²) in [6, 6.07) is 51.5. The number of nitrogens with zero attached hydrogens (tertiary/aromatic N) is 2. The summed E-state index contributed by atoms with van der Waals surface area (Å²) >= 11 is 0. The van der Waals surface area contributed by atoms with E-state index >= 15 is 0 Å². The summed E-state index contributed by atoms with van der Waals surface area (Å²) in [6.45, 7) is 0. The van der Waals surface area contributed by atoms with E-state index in [2.05, 4.69) is 150 Å². The third-order valence-electron chi connectivity index (χ3n) is 6.99. The molecule has 5 aromatic carbocycles. The number of benzene rings is 5. The minimum Gasteiger partial charge on any atom is -0.232 e. The fourth-order valence-electron chi connectivity index (χ4n) is 5.21. The van der Waals surface area contributed by atoms with Crippen LogP contribution in [0.25, 0.3) is 61.1 Å². The van der Waals surface area contributed by atoms with Crippen LogP contribution in [0, 0.1) is 0 Å². The van der Waals surface area contributed by atoms with Crippen molar-refractivity contribution in [1.29, 1.82) is 0 Å². The lowest BCUT2D eigenvalue weighted by molar-refractivity contribution is 1.01. The molecule has 0 unspecified atom stereocenters. The monoisotopic (exact) mass is 472 g/mol. The number of aromatic nitrogens is 2. The largest absolute Gasteiger partial charge is 0.232 e. The molecule has 0 saturated heterocycles. The van der Waals surface area contributed by atoms with Crippen LogP contribution in [0.1, 0.15) is 0 Å². The maximum atomic E-state index is 5.21. The van der Waals surface area contributed by atoms with Gasteiger partial charge in [-0.1, -0.05) is 115 Å². The molecule has 0 radical (unpaired) electrons. The van der Waals surface area contributed by atoms with Crippen LogP contribution in [0.3, 0.4) is 0 Å². The molecule has 0 N–H and O–H groups in total. The Morgan fingerprint density at radius 2 is 0.892 bits per heavy atom. The predicted molar refractivity (Wildman–Crippen MR) is 154 cm³/mol. The van der Waals surface area contributed by atoms with Crippen molar-refractivity contribution < 1.29 is 0 Å². The standard InChI is InChI=1S/C35H24N2/c1-4-12-25(13-5-1)29-22-30(26-14-6-2-7-15-26)24-31(23-29)34-33-21-20-27-16-10-11-19-32(27)37(33)36-35(34)28-17-8-3-9-18-28/h1-24H. The van der Waals surface area contributed by atoms with Crippen LogP contribution in [0.2, 0.25) is 0 Å². The van der Waals surface area contributed by atoms with Gasteiger partial charge in [0.05, 0.1) is 11.0 Å². The van der Waals surface area contributed by atoms with Gasteiger partial charge in [-0.15, -0.1) is 0 Å². The van der Waals surface area contributed by atoms with Gasteiger partial charge < -0.3 is 0 Å². The average Bonchev–Trinajstić information content (AvgIpc) is 3.39. The molecule has 2 nitrogen and oxygen atoms in total. The van der Waals surface area contributed by atoms with Crippen molar-refractivity contribution in [3.63, 3.8) is 0 Å². The van der Waals surface area contributed by atoms with Crippen molar-refractivity contribution in [3.05, 3.63) is 146 Å².